The second kappa shape index (κ2) is 14.0. The largest absolute Gasteiger partial charge is 0.508 e. The molecule has 0 saturated carbocycles. The Morgan fingerprint density at radius 1 is 0.930 bits per heavy atom. The zero-order valence-corrected chi connectivity index (χ0v) is 24.1. The number of halogens is 1. The van der Waals surface area contributed by atoms with Crippen LogP contribution in [0.25, 0.3) is 0 Å². The lowest BCUT2D eigenvalue weighted by Gasteiger charge is -2.22. The van der Waals surface area contributed by atoms with E-state index in [1.54, 1.807) is 31.4 Å². The van der Waals surface area contributed by atoms with E-state index in [-0.39, 0.29) is 37.3 Å². The Hall–Kier alpha value is -4.66. The van der Waals surface area contributed by atoms with Crippen LogP contribution < -0.4 is 14.8 Å². The standard InChI is InChI=1S/C35H34FNO6/c1-23-3-5-24(6-4-23)19-37-35(39)33-31(21-43-34(33)26-9-11-27(36)12-10-26)32(22-41-30-17-13-28(38)14-18-30)42-20-25-7-15-29(40-2)16-8-25/h3-18,32,34,38H,19-22H2,1-2H3,(H,37,39). The fourth-order valence-electron chi connectivity index (χ4n) is 4.80. The maximum Gasteiger partial charge on any atom is 0.250 e. The summed E-state index contributed by atoms with van der Waals surface area (Å²) >= 11 is 0. The van der Waals surface area contributed by atoms with Crippen LogP contribution in [-0.4, -0.2) is 37.4 Å². The number of methoxy groups -OCH3 is 1. The molecule has 1 aliphatic rings. The van der Waals surface area contributed by atoms with Gasteiger partial charge in [-0.25, -0.2) is 4.39 Å². The lowest BCUT2D eigenvalue weighted by molar-refractivity contribution is -0.118. The Bertz CT molecular complexity index is 1530. The number of carbonyl (C=O) groups excluding carboxylic acids is 1. The van der Waals surface area contributed by atoms with Gasteiger partial charge >= 0.3 is 0 Å². The molecule has 4 aromatic rings. The average Bonchev–Trinajstić information content (AvgIpc) is 3.47. The summed E-state index contributed by atoms with van der Waals surface area (Å²) in [5.41, 5.74) is 4.71. The van der Waals surface area contributed by atoms with E-state index in [1.807, 2.05) is 55.5 Å². The highest BCUT2D eigenvalue weighted by Crippen LogP contribution is 2.37. The van der Waals surface area contributed by atoms with Crippen molar-refractivity contribution in [3.63, 3.8) is 0 Å². The third-order valence-corrected chi connectivity index (χ3v) is 7.24. The van der Waals surface area contributed by atoms with Crippen LogP contribution in [0.15, 0.2) is 108 Å². The molecule has 0 saturated heterocycles. The van der Waals surface area contributed by atoms with E-state index in [9.17, 15) is 14.3 Å². The number of phenolic OH excluding ortho intramolecular Hbond substituents is 1. The van der Waals surface area contributed by atoms with Crippen LogP contribution in [-0.2, 0) is 27.4 Å². The second-order valence-corrected chi connectivity index (χ2v) is 10.3. The molecule has 1 aliphatic heterocycles. The van der Waals surface area contributed by atoms with Gasteiger partial charge in [0, 0.05) is 6.54 Å². The lowest BCUT2D eigenvalue weighted by Crippen LogP contribution is -2.31. The molecular weight excluding hydrogens is 549 g/mol. The van der Waals surface area contributed by atoms with Gasteiger partial charge < -0.3 is 29.4 Å². The number of phenols is 1. The molecule has 1 heterocycles. The van der Waals surface area contributed by atoms with E-state index in [0.717, 1.165) is 22.4 Å². The molecular formula is C35H34FNO6. The smallest absolute Gasteiger partial charge is 0.250 e. The monoisotopic (exact) mass is 583 g/mol. The summed E-state index contributed by atoms with van der Waals surface area (Å²) < 4.78 is 37.7. The molecule has 7 nitrogen and oxygen atoms in total. The zero-order valence-electron chi connectivity index (χ0n) is 24.1. The van der Waals surface area contributed by atoms with Crippen LogP contribution >= 0.6 is 0 Å². The number of carbonyl (C=O) groups is 1. The third-order valence-electron chi connectivity index (χ3n) is 7.24. The van der Waals surface area contributed by atoms with Gasteiger partial charge in [-0.1, -0.05) is 54.1 Å². The number of ether oxygens (including phenoxy) is 4. The lowest BCUT2D eigenvalue weighted by atomic mass is 9.95. The van der Waals surface area contributed by atoms with Crippen molar-refractivity contribution in [1.29, 1.82) is 0 Å². The average molecular weight is 584 g/mol. The maximum atomic E-state index is 13.8. The van der Waals surface area contributed by atoms with Gasteiger partial charge in [0.05, 0.1) is 25.9 Å². The van der Waals surface area contributed by atoms with Crippen molar-refractivity contribution in [2.24, 2.45) is 0 Å². The molecule has 1 amide bonds. The number of rotatable bonds is 12. The molecule has 222 valence electrons. The van der Waals surface area contributed by atoms with Crippen LogP contribution in [0.2, 0.25) is 0 Å². The Morgan fingerprint density at radius 3 is 2.26 bits per heavy atom. The summed E-state index contributed by atoms with van der Waals surface area (Å²) in [6, 6.07) is 27.8. The van der Waals surface area contributed by atoms with E-state index in [4.69, 9.17) is 18.9 Å². The van der Waals surface area contributed by atoms with Gasteiger partial charge in [-0.05, 0) is 77.7 Å². The highest BCUT2D eigenvalue weighted by atomic mass is 19.1. The number of aryl methyl sites for hydroxylation is 1. The molecule has 8 heteroatoms. The Balaban J connectivity index is 1.45. The van der Waals surface area contributed by atoms with E-state index in [1.165, 1.54) is 24.3 Å². The molecule has 5 rings (SSSR count). The highest BCUT2D eigenvalue weighted by Gasteiger charge is 2.37. The number of aromatic hydroxyl groups is 1. The van der Waals surface area contributed by atoms with E-state index in [0.29, 0.717) is 29.0 Å². The van der Waals surface area contributed by atoms with Crippen molar-refractivity contribution >= 4 is 5.91 Å². The molecule has 2 unspecified atom stereocenters. The van der Waals surface area contributed by atoms with Crippen molar-refractivity contribution in [2.75, 3.05) is 20.3 Å². The van der Waals surface area contributed by atoms with Crippen molar-refractivity contribution in [3.8, 4) is 17.2 Å². The van der Waals surface area contributed by atoms with Gasteiger partial charge in [-0.2, -0.15) is 0 Å². The van der Waals surface area contributed by atoms with Crippen LogP contribution in [0.4, 0.5) is 4.39 Å². The first-order chi connectivity index (χ1) is 20.9. The zero-order chi connectivity index (χ0) is 30.2. The molecule has 0 aromatic heterocycles. The van der Waals surface area contributed by atoms with Gasteiger partial charge in [-0.3, -0.25) is 4.79 Å². The van der Waals surface area contributed by atoms with Crippen LogP contribution in [0, 0.1) is 12.7 Å². The number of amides is 1. The molecule has 0 radical (unpaired) electrons. The molecule has 4 aromatic carbocycles. The normalized spacial score (nSPS) is 15.3. The molecule has 2 atom stereocenters. The van der Waals surface area contributed by atoms with E-state index in [2.05, 4.69) is 5.32 Å². The van der Waals surface area contributed by atoms with Crippen LogP contribution in [0.3, 0.4) is 0 Å². The summed E-state index contributed by atoms with van der Waals surface area (Å²) in [4.78, 5) is 13.8. The van der Waals surface area contributed by atoms with Gasteiger partial charge in [0.2, 0.25) is 0 Å². The predicted molar refractivity (Wildman–Crippen MR) is 160 cm³/mol. The van der Waals surface area contributed by atoms with Gasteiger partial charge in [0.15, 0.2) is 0 Å². The molecule has 0 aliphatic carbocycles. The molecule has 0 spiro atoms. The Kier molecular flexibility index (Phi) is 9.71. The van der Waals surface area contributed by atoms with Crippen LogP contribution in [0.1, 0.15) is 28.4 Å². The SMILES string of the molecule is COc1ccc(COC(COc2ccc(O)cc2)C2=C(C(=O)NCc3ccc(C)cc3)C(c3ccc(F)cc3)OC2)cc1. The van der Waals surface area contributed by atoms with E-state index >= 15 is 0 Å². The minimum absolute atomic E-state index is 0.0878. The van der Waals surface area contributed by atoms with Crippen molar-refractivity contribution in [1.82, 2.24) is 5.32 Å². The molecule has 0 bridgehead atoms. The first-order valence-corrected chi connectivity index (χ1v) is 14.0. The van der Waals surface area contributed by atoms with Gasteiger partial charge in [-0.15, -0.1) is 0 Å². The fraction of sp³-hybridized carbons (Fsp3) is 0.229. The topological polar surface area (TPSA) is 86.3 Å². The Labute approximate surface area is 250 Å². The fourth-order valence-corrected chi connectivity index (χ4v) is 4.80. The minimum atomic E-state index is -0.714. The molecule has 2 N–H and O–H groups in total. The summed E-state index contributed by atoms with van der Waals surface area (Å²) in [7, 11) is 1.61. The molecule has 0 fully saturated rings. The summed E-state index contributed by atoms with van der Waals surface area (Å²) in [5, 5.41) is 12.7. The first-order valence-electron chi connectivity index (χ1n) is 14.0. The number of nitrogens with one attached hydrogen (secondary N) is 1. The maximum absolute atomic E-state index is 13.8. The van der Waals surface area contributed by atoms with Crippen LogP contribution in [0.5, 0.6) is 17.2 Å². The second-order valence-electron chi connectivity index (χ2n) is 10.3. The molecule has 43 heavy (non-hydrogen) atoms. The quantitative estimate of drug-likeness (QED) is 0.207. The minimum Gasteiger partial charge on any atom is -0.508 e. The highest BCUT2D eigenvalue weighted by molar-refractivity contribution is 5.96. The number of hydrogen-bond acceptors (Lipinski definition) is 6. The Morgan fingerprint density at radius 2 is 1.58 bits per heavy atom. The van der Waals surface area contributed by atoms with Crippen molar-refractivity contribution in [2.45, 2.75) is 32.3 Å². The number of benzene rings is 4. The van der Waals surface area contributed by atoms with Crippen molar-refractivity contribution < 1.29 is 33.2 Å². The van der Waals surface area contributed by atoms with E-state index < -0.39 is 12.2 Å². The number of hydrogen-bond donors (Lipinski definition) is 2. The van der Waals surface area contributed by atoms with Gasteiger partial charge in [0.25, 0.3) is 5.91 Å². The van der Waals surface area contributed by atoms with Gasteiger partial charge in [0.1, 0.15) is 41.9 Å². The third kappa shape index (κ3) is 7.80. The first kappa shape index (κ1) is 29.8. The predicted octanol–water partition coefficient (Wildman–Crippen LogP) is 6.20. The van der Waals surface area contributed by atoms with Crippen molar-refractivity contribution in [3.05, 3.63) is 136 Å². The summed E-state index contributed by atoms with van der Waals surface area (Å²) in [5.74, 6) is 0.721. The summed E-state index contributed by atoms with van der Waals surface area (Å²) in [6.07, 6.45) is -1.36. The summed E-state index contributed by atoms with van der Waals surface area (Å²) in [6.45, 7) is 2.80.